The van der Waals surface area contributed by atoms with Crippen LogP contribution in [0.2, 0.25) is 0 Å². The first kappa shape index (κ1) is 11.1. The summed E-state index contributed by atoms with van der Waals surface area (Å²) in [4.78, 5) is 25.0. The Bertz CT molecular complexity index is 364. The van der Waals surface area contributed by atoms with Crippen molar-refractivity contribution in [3.8, 4) is 0 Å². The summed E-state index contributed by atoms with van der Waals surface area (Å²) >= 11 is 0. The molecule has 1 aromatic heterocycles. The number of aliphatic hydroxyl groups is 1. The molecule has 6 heteroatoms. The first-order valence-electron chi connectivity index (χ1n) is 4.07. The largest absolute Gasteiger partial charge is 0.481 e. The molecule has 80 valence electrons. The van der Waals surface area contributed by atoms with Crippen LogP contribution in [0.5, 0.6) is 0 Å². The molecule has 0 aliphatic carbocycles. The Labute approximate surface area is 84.8 Å². The second-order valence-electron chi connectivity index (χ2n) is 2.88. The number of hydrogen-bond acceptors (Lipinski definition) is 4. The normalized spacial score (nSPS) is 14.2. The van der Waals surface area contributed by atoms with Gasteiger partial charge in [-0.2, -0.15) is 0 Å². The van der Waals surface area contributed by atoms with Crippen LogP contribution >= 0.6 is 0 Å². The fourth-order valence-corrected chi connectivity index (χ4v) is 1.17. The van der Waals surface area contributed by atoms with Crippen molar-refractivity contribution in [2.75, 3.05) is 0 Å². The van der Waals surface area contributed by atoms with Gasteiger partial charge in [-0.15, -0.1) is 0 Å². The number of aliphatic hydroxyl groups excluding tert-OH is 1. The van der Waals surface area contributed by atoms with E-state index in [4.69, 9.17) is 10.2 Å². The molecule has 0 bridgehead atoms. The molecule has 0 saturated carbocycles. The lowest BCUT2D eigenvalue weighted by Crippen LogP contribution is -2.32. The number of carboxylic acids is 2. The van der Waals surface area contributed by atoms with Crippen molar-refractivity contribution in [2.24, 2.45) is 0 Å². The number of carboxylic acid groups (broad SMARTS) is 2. The van der Waals surface area contributed by atoms with Crippen molar-refractivity contribution in [3.63, 3.8) is 0 Å². The van der Waals surface area contributed by atoms with Gasteiger partial charge >= 0.3 is 11.9 Å². The molecular weight excluding hydrogens is 202 g/mol. The van der Waals surface area contributed by atoms with Gasteiger partial charge in [0.2, 0.25) is 0 Å². The summed E-state index contributed by atoms with van der Waals surface area (Å²) in [6.45, 7) is 0. The predicted molar refractivity (Wildman–Crippen MR) is 48.3 cm³/mol. The lowest BCUT2D eigenvalue weighted by atomic mass is 9.94. The zero-order valence-electron chi connectivity index (χ0n) is 7.57. The van der Waals surface area contributed by atoms with Gasteiger partial charge in [0.1, 0.15) is 5.92 Å². The summed E-state index contributed by atoms with van der Waals surface area (Å²) in [7, 11) is 0. The third-order valence-electron chi connectivity index (χ3n) is 1.90. The van der Waals surface area contributed by atoms with E-state index < -0.39 is 24.0 Å². The van der Waals surface area contributed by atoms with Crippen molar-refractivity contribution < 1.29 is 24.9 Å². The Kier molecular flexibility index (Phi) is 3.35. The van der Waals surface area contributed by atoms with E-state index in [0.717, 1.165) is 0 Å². The molecule has 0 amide bonds. The van der Waals surface area contributed by atoms with E-state index in [0.29, 0.717) is 0 Å². The maximum atomic E-state index is 10.8. The van der Waals surface area contributed by atoms with Gasteiger partial charge in [-0.1, -0.05) is 0 Å². The summed E-state index contributed by atoms with van der Waals surface area (Å²) in [6.07, 6.45) is 0.699. The number of pyridine rings is 1. The van der Waals surface area contributed by atoms with Crippen LogP contribution in [0.1, 0.15) is 11.5 Å². The second-order valence-corrected chi connectivity index (χ2v) is 2.88. The van der Waals surface area contributed by atoms with Crippen LogP contribution in [-0.4, -0.2) is 38.3 Å². The Morgan fingerprint density at radius 2 is 1.67 bits per heavy atom. The summed E-state index contributed by atoms with van der Waals surface area (Å²) in [5.74, 6) is -4.44. The zero-order chi connectivity index (χ0) is 11.4. The molecular formula is C9H9NO5. The number of hydrogen-bond donors (Lipinski definition) is 3. The van der Waals surface area contributed by atoms with E-state index in [2.05, 4.69) is 4.98 Å². The molecule has 2 unspecified atom stereocenters. The Hall–Kier alpha value is -1.95. The molecule has 0 aromatic carbocycles. The molecule has 2 atom stereocenters. The van der Waals surface area contributed by atoms with Crippen molar-refractivity contribution in [2.45, 2.75) is 12.0 Å². The highest BCUT2D eigenvalue weighted by Crippen LogP contribution is 2.19. The predicted octanol–water partition coefficient (Wildman–Crippen LogP) is -0.305. The van der Waals surface area contributed by atoms with E-state index in [1.165, 1.54) is 24.5 Å². The highest BCUT2D eigenvalue weighted by Gasteiger charge is 2.33. The summed E-state index contributed by atoms with van der Waals surface area (Å²) in [5.41, 5.74) is 0.201. The average molecular weight is 211 g/mol. The maximum absolute atomic E-state index is 10.8. The number of rotatable bonds is 4. The zero-order valence-corrected chi connectivity index (χ0v) is 7.57. The third kappa shape index (κ3) is 2.50. The summed E-state index contributed by atoms with van der Waals surface area (Å²) in [5, 5.41) is 26.5. The SMILES string of the molecule is O=C(O)C(O)C(C(=O)O)c1ccncc1. The standard InChI is InChI=1S/C9H9NO5/c11-7(9(14)15)6(8(12)13)5-1-3-10-4-2-5/h1-4,6-7,11H,(H,12,13)(H,14,15). The van der Waals surface area contributed by atoms with Crippen LogP contribution in [0.4, 0.5) is 0 Å². The van der Waals surface area contributed by atoms with Gasteiger partial charge in [0.15, 0.2) is 6.10 Å². The molecule has 0 saturated heterocycles. The van der Waals surface area contributed by atoms with Crippen LogP contribution in [-0.2, 0) is 9.59 Å². The van der Waals surface area contributed by atoms with Crippen LogP contribution in [0.25, 0.3) is 0 Å². The smallest absolute Gasteiger partial charge is 0.333 e. The molecule has 0 radical (unpaired) electrons. The minimum Gasteiger partial charge on any atom is -0.481 e. The van der Waals surface area contributed by atoms with Gasteiger partial charge in [0, 0.05) is 12.4 Å². The van der Waals surface area contributed by atoms with Gasteiger partial charge in [-0.05, 0) is 17.7 Å². The topological polar surface area (TPSA) is 108 Å². The fraction of sp³-hybridized carbons (Fsp3) is 0.222. The molecule has 6 nitrogen and oxygen atoms in total. The van der Waals surface area contributed by atoms with Gasteiger partial charge in [-0.25, -0.2) is 4.79 Å². The minimum atomic E-state index is -1.97. The first-order chi connectivity index (χ1) is 7.04. The van der Waals surface area contributed by atoms with Crippen LogP contribution < -0.4 is 0 Å². The van der Waals surface area contributed by atoms with Gasteiger partial charge in [0.25, 0.3) is 0 Å². The number of aromatic nitrogens is 1. The number of nitrogens with zero attached hydrogens (tertiary/aromatic N) is 1. The highest BCUT2D eigenvalue weighted by atomic mass is 16.4. The van der Waals surface area contributed by atoms with Gasteiger partial charge in [-0.3, -0.25) is 9.78 Å². The maximum Gasteiger partial charge on any atom is 0.333 e. The molecule has 1 heterocycles. The van der Waals surface area contributed by atoms with Crippen molar-refractivity contribution in [1.29, 1.82) is 0 Å². The monoisotopic (exact) mass is 211 g/mol. The fourth-order valence-electron chi connectivity index (χ4n) is 1.17. The lowest BCUT2D eigenvalue weighted by Gasteiger charge is -2.15. The average Bonchev–Trinajstić information content (AvgIpc) is 2.18. The molecule has 0 aliphatic heterocycles. The van der Waals surface area contributed by atoms with Crippen LogP contribution in [0.15, 0.2) is 24.5 Å². The quantitative estimate of drug-likeness (QED) is 0.630. The summed E-state index contributed by atoms with van der Waals surface area (Å²) in [6, 6.07) is 2.70. The molecule has 1 rings (SSSR count). The van der Waals surface area contributed by atoms with Gasteiger partial charge in [0.05, 0.1) is 0 Å². The van der Waals surface area contributed by atoms with Gasteiger partial charge < -0.3 is 15.3 Å². The van der Waals surface area contributed by atoms with Crippen LogP contribution in [0.3, 0.4) is 0 Å². The molecule has 15 heavy (non-hydrogen) atoms. The van der Waals surface area contributed by atoms with E-state index in [1.807, 2.05) is 0 Å². The first-order valence-corrected chi connectivity index (χ1v) is 4.07. The van der Waals surface area contributed by atoms with Crippen molar-refractivity contribution >= 4 is 11.9 Å². The second kappa shape index (κ2) is 4.52. The van der Waals surface area contributed by atoms with Crippen molar-refractivity contribution in [1.82, 2.24) is 4.98 Å². The van der Waals surface area contributed by atoms with Crippen molar-refractivity contribution in [3.05, 3.63) is 30.1 Å². The number of aliphatic carboxylic acids is 2. The van der Waals surface area contributed by atoms with E-state index in [-0.39, 0.29) is 5.56 Å². The Morgan fingerprint density at radius 1 is 1.13 bits per heavy atom. The lowest BCUT2D eigenvalue weighted by molar-refractivity contribution is -0.155. The molecule has 3 N–H and O–H groups in total. The molecule has 1 aromatic rings. The summed E-state index contributed by atoms with van der Waals surface area (Å²) < 4.78 is 0. The highest BCUT2D eigenvalue weighted by molar-refractivity contribution is 5.85. The molecule has 0 aliphatic rings. The molecule has 0 fully saturated rings. The van der Waals surface area contributed by atoms with E-state index >= 15 is 0 Å². The number of carbonyl (C=O) groups is 2. The van der Waals surface area contributed by atoms with E-state index in [1.54, 1.807) is 0 Å². The minimum absolute atomic E-state index is 0.201. The Morgan fingerprint density at radius 3 is 2.07 bits per heavy atom. The Balaban J connectivity index is 3.04. The van der Waals surface area contributed by atoms with Crippen LogP contribution in [0, 0.1) is 0 Å². The van der Waals surface area contributed by atoms with E-state index in [9.17, 15) is 14.7 Å². The molecule has 0 spiro atoms. The third-order valence-corrected chi connectivity index (χ3v) is 1.90.